The van der Waals surface area contributed by atoms with Crippen LogP contribution in [0.2, 0.25) is 0 Å². The average Bonchev–Trinajstić information content (AvgIpc) is 2.15. The van der Waals surface area contributed by atoms with Gasteiger partial charge in [0, 0.05) is 13.1 Å². The fourth-order valence-corrected chi connectivity index (χ4v) is 0.774. The molecule has 6 nitrogen and oxygen atoms in total. The second kappa shape index (κ2) is 6.60. The number of imide groups is 1. The first-order valence-corrected chi connectivity index (χ1v) is 4.75. The molecular formula is C10H16N2O4. The van der Waals surface area contributed by atoms with Gasteiger partial charge in [-0.15, -0.1) is 0 Å². The molecule has 3 amide bonds. The minimum absolute atomic E-state index is 0.612. The second-order valence-corrected chi connectivity index (χ2v) is 3.37. The molecule has 0 fully saturated rings. The van der Waals surface area contributed by atoms with E-state index >= 15 is 0 Å². The summed E-state index contributed by atoms with van der Waals surface area (Å²) < 4.78 is 4.76. The quantitative estimate of drug-likeness (QED) is 0.539. The van der Waals surface area contributed by atoms with E-state index < -0.39 is 24.0 Å². The molecule has 0 saturated carbocycles. The highest BCUT2D eigenvalue weighted by Crippen LogP contribution is 1.96. The fraction of sp³-hybridized carbons (Fsp3) is 0.500. The molecule has 0 spiro atoms. The van der Waals surface area contributed by atoms with Crippen molar-refractivity contribution in [1.82, 2.24) is 10.6 Å². The molecule has 0 aliphatic rings. The molecule has 1 atom stereocenters. The smallest absolute Gasteiger partial charge is 0.331 e. The summed E-state index contributed by atoms with van der Waals surface area (Å²) in [6.45, 7) is 4.85. The zero-order valence-corrected chi connectivity index (χ0v) is 9.79. The van der Waals surface area contributed by atoms with Crippen molar-refractivity contribution in [2.45, 2.75) is 26.9 Å². The van der Waals surface area contributed by atoms with Crippen LogP contribution < -0.4 is 10.6 Å². The third-order valence-corrected chi connectivity index (χ3v) is 1.53. The Morgan fingerprint density at radius 3 is 2.25 bits per heavy atom. The molecule has 0 bridgehead atoms. The Morgan fingerprint density at radius 2 is 1.81 bits per heavy atom. The number of esters is 1. The van der Waals surface area contributed by atoms with Gasteiger partial charge in [-0.3, -0.25) is 10.1 Å². The van der Waals surface area contributed by atoms with Gasteiger partial charge in [-0.1, -0.05) is 5.57 Å². The van der Waals surface area contributed by atoms with E-state index in [2.05, 4.69) is 5.32 Å². The lowest BCUT2D eigenvalue weighted by Gasteiger charge is -2.11. The average molecular weight is 228 g/mol. The number of hydrogen-bond donors (Lipinski definition) is 2. The van der Waals surface area contributed by atoms with Crippen LogP contribution in [0.4, 0.5) is 4.79 Å². The first kappa shape index (κ1) is 14.2. The molecule has 6 heteroatoms. The summed E-state index contributed by atoms with van der Waals surface area (Å²) in [5, 5.41) is 4.21. The van der Waals surface area contributed by atoms with Crippen LogP contribution in [0.3, 0.4) is 0 Å². The fourth-order valence-electron chi connectivity index (χ4n) is 0.774. The maximum Gasteiger partial charge on any atom is 0.331 e. The predicted molar refractivity (Wildman–Crippen MR) is 57.6 cm³/mol. The van der Waals surface area contributed by atoms with Gasteiger partial charge in [-0.25, -0.2) is 9.59 Å². The first-order valence-electron chi connectivity index (χ1n) is 4.75. The number of allylic oxidation sites excluding steroid dienone is 1. The summed E-state index contributed by atoms with van der Waals surface area (Å²) in [5.41, 5.74) is 0.768. The Hall–Kier alpha value is -1.85. The van der Waals surface area contributed by atoms with E-state index in [4.69, 9.17) is 4.74 Å². The molecule has 0 aliphatic carbocycles. The van der Waals surface area contributed by atoms with Gasteiger partial charge in [0.2, 0.25) is 0 Å². The number of amides is 3. The van der Waals surface area contributed by atoms with E-state index in [1.54, 1.807) is 13.8 Å². The molecule has 0 radical (unpaired) electrons. The van der Waals surface area contributed by atoms with Crippen LogP contribution in [0.25, 0.3) is 0 Å². The van der Waals surface area contributed by atoms with E-state index in [1.165, 1.54) is 20.0 Å². The van der Waals surface area contributed by atoms with Crippen LogP contribution in [-0.2, 0) is 14.3 Å². The minimum atomic E-state index is -1.01. The lowest BCUT2D eigenvalue weighted by atomic mass is 10.3. The molecule has 0 aliphatic heterocycles. The van der Waals surface area contributed by atoms with Gasteiger partial charge in [0.25, 0.3) is 5.91 Å². The molecule has 0 unspecified atom stereocenters. The van der Waals surface area contributed by atoms with Gasteiger partial charge in [-0.05, 0) is 20.8 Å². The summed E-state index contributed by atoms with van der Waals surface area (Å²) >= 11 is 0. The lowest BCUT2D eigenvalue weighted by Crippen LogP contribution is -2.43. The minimum Gasteiger partial charge on any atom is -0.449 e. The third kappa shape index (κ3) is 5.79. The monoisotopic (exact) mass is 228 g/mol. The topological polar surface area (TPSA) is 84.5 Å². The number of hydrogen-bond acceptors (Lipinski definition) is 4. The van der Waals surface area contributed by atoms with Crippen LogP contribution in [-0.4, -0.2) is 31.1 Å². The Labute approximate surface area is 94.0 Å². The standard InChI is InChI=1S/C10H16N2O4/c1-6(2)5-8(13)16-7(3)9(14)12-10(15)11-4/h5,7H,1-4H3,(H2,11,12,14,15)/t7-/m0/s1. The van der Waals surface area contributed by atoms with Crippen LogP contribution in [0.5, 0.6) is 0 Å². The van der Waals surface area contributed by atoms with Crippen LogP contribution in [0.1, 0.15) is 20.8 Å². The van der Waals surface area contributed by atoms with E-state index in [-0.39, 0.29) is 0 Å². The summed E-state index contributed by atoms with van der Waals surface area (Å²) in [6, 6.07) is -0.643. The second-order valence-electron chi connectivity index (χ2n) is 3.37. The number of carbonyl (C=O) groups is 3. The van der Waals surface area contributed by atoms with Gasteiger partial charge < -0.3 is 10.1 Å². The van der Waals surface area contributed by atoms with Crippen molar-refractivity contribution in [3.8, 4) is 0 Å². The number of rotatable bonds is 3. The molecule has 0 heterocycles. The molecule has 0 aromatic rings. The Bertz CT molecular complexity index is 319. The van der Waals surface area contributed by atoms with E-state index in [9.17, 15) is 14.4 Å². The van der Waals surface area contributed by atoms with Crippen molar-refractivity contribution in [3.05, 3.63) is 11.6 Å². The Balaban J connectivity index is 4.21. The summed E-state index contributed by atoms with van der Waals surface area (Å²) in [4.78, 5) is 33.2. The lowest BCUT2D eigenvalue weighted by molar-refractivity contribution is -0.149. The highest BCUT2D eigenvalue weighted by atomic mass is 16.5. The molecule has 2 N–H and O–H groups in total. The molecule has 16 heavy (non-hydrogen) atoms. The normalized spacial score (nSPS) is 11.0. The van der Waals surface area contributed by atoms with Crippen LogP contribution in [0.15, 0.2) is 11.6 Å². The Morgan fingerprint density at radius 1 is 1.25 bits per heavy atom. The van der Waals surface area contributed by atoms with Crippen molar-refractivity contribution < 1.29 is 19.1 Å². The van der Waals surface area contributed by atoms with Gasteiger partial charge >= 0.3 is 12.0 Å². The van der Waals surface area contributed by atoms with Crippen LogP contribution >= 0.6 is 0 Å². The van der Waals surface area contributed by atoms with Gasteiger partial charge in [0.1, 0.15) is 0 Å². The van der Waals surface area contributed by atoms with Gasteiger partial charge in [-0.2, -0.15) is 0 Å². The van der Waals surface area contributed by atoms with Crippen molar-refractivity contribution in [2.24, 2.45) is 0 Å². The zero-order chi connectivity index (χ0) is 12.7. The van der Waals surface area contributed by atoms with E-state index in [1.807, 2.05) is 5.32 Å². The number of urea groups is 1. The number of carbonyl (C=O) groups excluding carboxylic acids is 3. The Kier molecular flexibility index (Phi) is 5.84. The van der Waals surface area contributed by atoms with E-state index in [0.29, 0.717) is 0 Å². The van der Waals surface area contributed by atoms with Crippen molar-refractivity contribution in [3.63, 3.8) is 0 Å². The van der Waals surface area contributed by atoms with Gasteiger partial charge in [0.15, 0.2) is 6.10 Å². The van der Waals surface area contributed by atoms with Gasteiger partial charge in [0.05, 0.1) is 0 Å². The number of nitrogens with one attached hydrogen (secondary N) is 2. The van der Waals surface area contributed by atoms with E-state index in [0.717, 1.165) is 5.57 Å². The summed E-state index contributed by atoms with van der Waals surface area (Å²) in [5.74, 6) is -1.28. The summed E-state index contributed by atoms with van der Waals surface area (Å²) in [7, 11) is 1.38. The molecule has 0 saturated heterocycles. The van der Waals surface area contributed by atoms with Crippen molar-refractivity contribution in [2.75, 3.05) is 7.05 Å². The maximum atomic E-state index is 11.3. The van der Waals surface area contributed by atoms with Crippen molar-refractivity contribution in [1.29, 1.82) is 0 Å². The number of ether oxygens (including phenoxy) is 1. The van der Waals surface area contributed by atoms with Crippen molar-refractivity contribution >= 4 is 17.9 Å². The predicted octanol–water partition coefficient (Wildman–Crippen LogP) is 0.340. The third-order valence-electron chi connectivity index (χ3n) is 1.53. The molecule has 0 aromatic carbocycles. The van der Waals surface area contributed by atoms with Crippen LogP contribution in [0, 0.1) is 0 Å². The molecule has 0 rings (SSSR count). The molecule has 90 valence electrons. The summed E-state index contributed by atoms with van der Waals surface area (Å²) in [6.07, 6.45) is 0.254. The SMILES string of the molecule is CNC(=O)NC(=O)[C@H](C)OC(=O)C=C(C)C. The first-order chi connectivity index (χ1) is 7.36. The molecular weight excluding hydrogens is 212 g/mol. The molecule has 0 aromatic heterocycles. The highest BCUT2D eigenvalue weighted by molar-refractivity contribution is 5.97. The largest absolute Gasteiger partial charge is 0.449 e. The maximum absolute atomic E-state index is 11.3. The zero-order valence-electron chi connectivity index (χ0n) is 9.79. The highest BCUT2D eigenvalue weighted by Gasteiger charge is 2.18.